The van der Waals surface area contributed by atoms with E-state index in [9.17, 15) is 14.4 Å². The van der Waals surface area contributed by atoms with Gasteiger partial charge in [-0.25, -0.2) is 9.59 Å². The minimum Gasteiger partial charge on any atom is -0.466 e. The smallest absolute Gasteiger partial charge is 0.355 e. The molecule has 1 N–H and O–H groups in total. The fourth-order valence-corrected chi connectivity index (χ4v) is 4.48. The van der Waals surface area contributed by atoms with E-state index in [1.165, 1.54) is 49.2 Å². The number of nitrogens with one attached hydrogen (secondary N) is 1. The summed E-state index contributed by atoms with van der Waals surface area (Å²) in [6, 6.07) is 1.46. The van der Waals surface area contributed by atoms with E-state index >= 15 is 0 Å². The fourth-order valence-electron chi connectivity index (χ4n) is 3.28. The van der Waals surface area contributed by atoms with E-state index in [4.69, 9.17) is 9.47 Å². The summed E-state index contributed by atoms with van der Waals surface area (Å²) in [7, 11) is 2.51. The van der Waals surface area contributed by atoms with Gasteiger partial charge in [0.05, 0.1) is 25.2 Å². The van der Waals surface area contributed by atoms with Crippen LogP contribution in [-0.2, 0) is 19.1 Å². The van der Waals surface area contributed by atoms with Gasteiger partial charge in [0, 0.05) is 18.3 Å². The molecule has 0 aromatic carbocycles. The summed E-state index contributed by atoms with van der Waals surface area (Å²) in [4.78, 5) is 40.6. The molecule has 3 rings (SSSR count). The third kappa shape index (κ3) is 3.68. The van der Waals surface area contributed by atoms with Crippen molar-refractivity contribution in [2.45, 2.75) is 48.7 Å². The highest BCUT2D eigenvalue weighted by molar-refractivity contribution is 8.00. The zero-order chi connectivity index (χ0) is 18.7. The number of hydrogen-bond donors (Lipinski definition) is 1. The number of esters is 2. The van der Waals surface area contributed by atoms with Crippen molar-refractivity contribution in [3.05, 3.63) is 28.2 Å². The van der Waals surface area contributed by atoms with E-state index in [1.54, 1.807) is 0 Å². The molecule has 0 spiro atoms. The van der Waals surface area contributed by atoms with Crippen LogP contribution in [0.1, 0.15) is 32.1 Å². The molecule has 26 heavy (non-hydrogen) atoms. The number of aromatic nitrogens is 2. The summed E-state index contributed by atoms with van der Waals surface area (Å²) in [6.07, 6.45) is 6.84. The minimum absolute atomic E-state index is 0.0221. The van der Waals surface area contributed by atoms with Gasteiger partial charge >= 0.3 is 11.9 Å². The molecule has 1 saturated carbocycles. The second-order valence-corrected chi connectivity index (χ2v) is 7.24. The molecular formula is C17H21N3O5S. The first-order valence-electron chi connectivity index (χ1n) is 8.48. The zero-order valence-electron chi connectivity index (χ0n) is 14.7. The molecule has 9 heteroatoms. The van der Waals surface area contributed by atoms with Gasteiger partial charge in [-0.15, -0.1) is 0 Å². The molecule has 1 aliphatic carbocycles. The number of methoxy groups -OCH3 is 2. The summed E-state index contributed by atoms with van der Waals surface area (Å²) in [5, 5.41) is 3.22. The Labute approximate surface area is 155 Å². The first kappa shape index (κ1) is 18.7. The number of hydrogen-bond acceptors (Lipinski definition) is 8. The molecular weight excluding hydrogens is 358 g/mol. The Kier molecular flexibility index (Phi) is 5.77. The van der Waals surface area contributed by atoms with E-state index in [0.717, 1.165) is 25.7 Å². The van der Waals surface area contributed by atoms with Gasteiger partial charge < -0.3 is 9.47 Å². The summed E-state index contributed by atoms with van der Waals surface area (Å²) >= 11 is 1.22. The van der Waals surface area contributed by atoms with Crippen LogP contribution in [0.5, 0.6) is 0 Å². The first-order valence-corrected chi connectivity index (χ1v) is 9.36. The minimum atomic E-state index is -0.687. The standard InChI is InChI=1S/C17H21N3O5S/c1-24-15(22)12-13(16(23)25-2)20-9-8-11(21)19-17(20)26-14(12)18-10-6-4-3-5-7-10/h8-10,14,18H,3-7H2,1-2H3. The second kappa shape index (κ2) is 8.05. The van der Waals surface area contributed by atoms with Crippen molar-refractivity contribution in [1.82, 2.24) is 14.9 Å². The maximum atomic E-state index is 12.5. The summed E-state index contributed by atoms with van der Waals surface area (Å²) in [5.74, 6) is -1.30. The van der Waals surface area contributed by atoms with Crippen molar-refractivity contribution in [2.75, 3.05) is 14.2 Å². The van der Waals surface area contributed by atoms with E-state index in [1.807, 2.05) is 0 Å². The van der Waals surface area contributed by atoms with Crippen LogP contribution in [-0.4, -0.2) is 47.1 Å². The lowest BCUT2D eigenvalue weighted by atomic mass is 9.95. The normalized spacial score (nSPS) is 20.5. The third-order valence-electron chi connectivity index (χ3n) is 4.54. The number of thioether (sulfide) groups is 1. The number of carbonyl (C=O) groups is 2. The van der Waals surface area contributed by atoms with Gasteiger partial charge in [0.1, 0.15) is 5.70 Å². The number of fused-ring (bicyclic) bond motifs is 1. The molecule has 2 aliphatic rings. The Morgan fingerprint density at radius 1 is 1.19 bits per heavy atom. The highest BCUT2D eigenvalue weighted by atomic mass is 32.2. The number of nitrogens with zero attached hydrogens (tertiary/aromatic N) is 2. The lowest BCUT2D eigenvalue weighted by Crippen LogP contribution is -2.43. The van der Waals surface area contributed by atoms with Crippen molar-refractivity contribution < 1.29 is 19.1 Å². The van der Waals surface area contributed by atoms with Gasteiger partial charge in [0.25, 0.3) is 5.56 Å². The largest absolute Gasteiger partial charge is 0.466 e. The first-order chi connectivity index (χ1) is 12.5. The molecule has 140 valence electrons. The van der Waals surface area contributed by atoms with Crippen molar-refractivity contribution in [2.24, 2.45) is 0 Å². The molecule has 8 nitrogen and oxygen atoms in total. The zero-order valence-corrected chi connectivity index (χ0v) is 15.5. The lowest BCUT2D eigenvalue weighted by Gasteiger charge is -2.32. The summed E-state index contributed by atoms with van der Waals surface area (Å²) in [5.41, 5.74) is -0.215. The number of carbonyl (C=O) groups excluding carboxylic acids is 2. The van der Waals surface area contributed by atoms with Gasteiger partial charge in [-0.1, -0.05) is 31.0 Å². The van der Waals surface area contributed by atoms with Crippen molar-refractivity contribution in [3.63, 3.8) is 0 Å². The maximum absolute atomic E-state index is 12.5. The Morgan fingerprint density at radius 2 is 1.88 bits per heavy atom. The monoisotopic (exact) mass is 379 g/mol. The van der Waals surface area contributed by atoms with Crippen LogP contribution in [0.25, 0.3) is 5.70 Å². The molecule has 0 saturated heterocycles. The third-order valence-corrected chi connectivity index (χ3v) is 5.64. The Hall–Kier alpha value is -2.13. The molecule has 1 aromatic heterocycles. The molecule has 1 fully saturated rings. The molecule has 0 amide bonds. The van der Waals surface area contributed by atoms with Gasteiger partial charge in [0.15, 0.2) is 5.16 Å². The molecule has 1 unspecified atom stereocenters. The molecule has 1 aliphatic heterocycles. The number of rotatable bonds is 4. The van der Waals surface area contributed by atoms with Crippen LogP contribution < -0.4 is 10.9 Å². The fraction of sp³-hybridized carbons (Fsp3) is 0.529. The van der Waals surface area contributed by atoms with E-state index < -0.39 is 22.9 Å². The van der Waals surface area contributed by atoms with Gasteiger partial charge in [-0.3, -0.25) is 14.7 Å². The number of ether oxygens (including phenoxy) is 2. The van der Waals surface area contributed by atoms with Crippen molar-refractivity contribution in [1.29, 1.82) is 0 Å². The van der Waals surface area contributed by atoms with Crippen LogP contribution in [0.3, 0.4) is 0 Å². The molecule has 2 heterocycles. The Bertz CT molecular complexity index is 798. The van der Waals surface area contributed by atoms with Crippen LogP contribution >= 0.6 is 11.8 Å². The van der Waals surface area contributed by atoms with E-state index in [2.05, 4.69) is 10.3 Å². The maximum Gasteiger partial charge on any atom is 0.355 e. The highest BCUT2D eigenvalue weighted by Gasteiger charge is 2.38. The van der Waals surface area contributed by atoms with Gasteiger partial charge in [0.2, 0.25) is 0 Å². The van der Waals surface area contributed by atoms with Crippen LogP contribution in [0.4, 0.5) is 0 Å². The van der Waals surface area contributed by atoms with Gasteiger partial charge in [-0.2, -0.15) is 4.98 Å². The summed E-state index contributed by atoms with van der Waals surface area (Å²) < 4.78 is 11.2. The lowest BCUT2D eigenvalue weighted by molar-refractivity contribution is -0.138. The average Bonchev–Trinajstić information content (AvgIpc) is 2.66. The SMILES string of the molecule is COC(=O)C1=C(C(=O)OC)n2ccc(=O)nc2SC1NC1CCCCC1. The molecule has 1 atom stereocenters. The second-order valence-electron chi connectivity index (χ2n) is 6.16. The van der Waals surface area contributed by atoms with Gasteiger partial charge in [-0.05, 0) is 12.8 Å². The predicted molar refractivity (Wildman–Crippen MR) is 95.4 cm³/mol. The topological polar surface area (TPSA) is 99.5 Å². The Morgan fingerprint density at radius 3 is 2.54 bits per heavy atom. The Balaban J connectivity index is 2.09. The van der Waals surface area contributed by atoms with Crippen molar-refractivity contribution in [3.8, 4) is 0 Å². The molecule has 0 bridgehead atoms. The predicted octanol–water partition coefficient (Wildman–Crippen LogP) is 1.15. The van der Waals surface area contributed by atoms with E-state index in [-0.39, 0.29) is 17.3 Å². The molecule has 1 aromatic rings. The van der Waals surface area contributed by atoms with E-state index in [0.29, 0.717) is 5.16 Å². The van der Waals surface area contributed by atoms with Crippen LogP contribution in [0.2, 0.25) is 0 Å². The van der Waals surface area contributed by atoms with Crippen LogP contribution in [0.15, 0.2) is 27.8 Å². The highest BCUT2D eigenvalue weighted by Crippen LogP contribution is 2.36. The quantitative estimate of drug-likeness (QED) is 0.614. The average molecular weight is 379 g/mol. The van der Waals surface area contributed by atoms with Crippen molar-refractivity contribution >= 4 is 29.4 Å². The summed E-state index contributed by atoms with van der Waals surface area (Å²) in [6.45, 7) is 0. The van der Waals surface area contributed by atoms with Crippen LogP contribution in [0, 0.1) is 0 Å². The molecule has 0 radical (unpaired) electrons.